The van der Waals surface area contributed by atoms with Crippen molar-refractivity contribution in [2.45, 2.75) is 31.2 Å². The largest absolute Gasteiger partial charge is 0.465 e. The van der Waals surface area contributed by atoms with Crippen molar-refractivity contribution in [3.8, 4) is 0 Å². The summed E-state index contributed by atoms with van der Waals surface area (Å²) in [5, 5.41) is 11.1. The molecule has 4 heteroatoms. The Hall–Kier alpha value is -1.58. The first-order valence-corrected chi connectivity index (χ1v) is 5.40. The molecule has 0 aromatic heterocycles. The Morgan fingerprint density at radius 3 is 2.94 bits per heavy atom. The van der Waals surface area contributed by atoms with Crippen molar-refractivity contribution in [3.63, 3.8) is 0 Å². The fourth-order valence-corrected chi connectivity index (χ4v) is 2.35. The maximum atomic E-state index is 13.0. The van der Waals surface area contributed by atoms with E-state index in [4.69, 9.17) is 5.11 Å². The molecule has 0 bridgehead atoms. The number of nitrogens with one attached hydrogen (secondary N) is 1. The number of benzene rings is 1. The second-order valence-electron chi connectivity index (χ2n) is 4.21. The number of hydrogen-bond acceptors (Lipinski definition) is 1. The van der Waals surface area contributed by atoms with Crippen LogP contribution in [0.1, 0.15) is 30.7 Å². The summed E-state index contributed by atoms with van der Waals surface area (Å²) in [6, 6.07) is 6.56. The lowest BCUT2D eigenvalue weighted by atomic mass is 9.97. The maximum Gasteiger partial charge on any atom is 0.404 e. The highest BCUT2D eigenvalue weighted by molar-refractivity contribution is 5.64. The van der Waals surface area contributed by atoms with Crippen LogP contribution in [0.5, 0.6) is 0 Å². The summed E-state index contributed by atoms with van der Waals surface area (Å²) in [4.78, 5) is 10.5. The Morgan fingerprint density at radius 2 is 2.25 bits per heavy atom. The van der Waals surface area contributed by atoms with Gasteiger partial charge < -0.3 is 10.4 Å². The maximum absolute atomic E-state index is 13.0. The Balaban J connectivity index is 2.00. The first kappa shape index (κ1) is 10.9. The Morgan fingerprint density at radius 1 is 1.44 bits per heavy atom. The number of amides is 1. The van der Waals surface area contributed by atoms with Gasteiger partial charge in [-0.3, -0.25) is 0 Å². The second kappa shape index (κ2) is 4.51. The van der Waals surface area contributed by atoms with Crippen molar-refractivity contribution in [3.05, 3.63) is 35.6 Å². The van der Waals surface area contributed by atoms with E-state index in [2.05, 4.69) is 5.32 Å². The van der Waals surface area contributed by atoms with E-state index in [1.807, 2.05) is 6.07 Å². The Bertz CT molecular complexity index is 394. The molecule has 0 unspecified atom stereocenters. The van der Waals surface area contributed by atoms with E-state index in [1.165, 1.54) is 12.1 Å². The summed E-state index contributed by atoms with van der Waals surface area (Å²) in [5.41, 5.74) is 0.967. The molecule has 3 nitrogen and oxygen atoms in total. The molecule has 1 amide bonds. The van der Waals surface area contributed by atoms with Crippen molar-refractivity contribution in [2.75, 3.05) is 0 Å². The quantitative estimate of drug-likeness (QED) is 0.809. The highest BCUT2D eigenvalue weighted by Gasteiger charge is 2.26. The standard InChI is InChI=1S/C12H14FNO2/c13-10-3-1-2-8(6-10)9-4-5-11(7-9)14-12(15)16/h1-3,6,9,11,14H,4-5,7H2,(H,15,16)/t9-,11-/m0/s1. The normalized spacial score (nSPS) is 24.3. The van der Waals surface area contributed by atoms with Crippen LogP contribution in [-0.2, 0) is 0 Å². The van der Waals surface area contributed by atoms with Gasteiger partial charge in [0.25, 0.3) is 0 Å². The van der Waals surface area contributed by atoms with Crippen LogP contribution in [0.3, 0.4) is 0 Å². The smallest absolute Gasteiger partial charge is 0.404 e. The van der Waals surface area contributed by atoms with Crippen LogP contribution in [0.25, 0.3) is 0 Å². The summed E-state index contributed by atoms with van der Waals surface area (Å²) < 4.78 is 13.0. The average molecular weight is 223 g/mol. The van der Waals surface area contributed by atoms with E-state index in [0.29, 0.717) is 0 Å². The van der Waals surface area contributed by atoms with Crippen LogP contribution in [-0.4, -0.2) is 17.2 Å². The van der Waals surface area contributed by atoms with Crippen molar-refractivity contribution >= 4 is 6.09 Å². The van der Waals surface area contributed by atoms with Crippen molar-refractivity contribution in [2.24, 2.45) is 0 Å². The SMILES string of the molecule is O=C(O)N[C@H]1CC[C@H](c2cccc(F)c2)C1. The van der Waals surface area contributed by atoms with Gasteiger partial charge in [-0.15, -0.1) is 0 Å². The Kier molecular flexibility index (Phi) is 3.08. The number of halogens is 1. The van der Waals surface area contributed by atoms with Crippen LogP contribution in [0.4, 0.5) is 9.18 Å². The molecule has 86 valence electrons. The lowest BCUT2D eigenvalue weighted by molar-refractivity contribution is 0.190. The summed E-state index contributed by atoms with van der Waals surface area (Å²) in [6.07, 6.45) is 1.52. The number of carbonyl (C=O) groups is 1. The lowest BCUT2D eigenvalue weighted by Crippen LogP contribution is -2.31. The van der Waals surface area contributed by atoms with Gasteiger partial charge in [0.1, 0.15) is 5.82 Å². The van der Waals surface area contributed by atoms with Gasteiger partial charge >= 0.3 is 6.09 Å². The molecule has 0 saturated heterocycles. The second-order valence-corrected chi connectivity index (χ2v) is 4.21. The van der Waals surface area contributed by atoms with Crippen LogP contribution in [0.15, 0.2) is 24.3 Å². The fourth-order valence-electron chi connectivity index (χ4n) is 2.35. The summed E-state index contributed by atoms with van der Waals surface area (Å²) >= 11 is 0. The molecule has 1 saturated carbocycles. The van der Waals surface area contributed by atoms with Crippen LogP contribution < -0.4 is 5.32 Å². The number of hydrogen-bond donors (Lipinski definition) is 2. The minimum Gasteiger partial charge on any atom is -0.465 e. The topological polar surface area (TPSA) is 49.3 Å². The molecule has 0 spiro atoms. The monoisotopic (exact) mass is 223 g/mol. The highest BCUT2D eigenvalue weighted by Crippen LogP contribution is 2.34. The molecule has 0 radical (unpaired) electrons. The van der Waals surface area contributed by atoms with E-state index in [1.54, 1.807) is 6.07 Å². The van der Waals surface area contributed by atoms with Gasteiger partial charge in [-0.2, -0.15) is 0 Å². The van der Waals surface area contributed by atoms with Gasteiger partial charge in [-0.25, -0.2) is 9.18 Å². The minimum atomic E-state index is -0.982. The Labute approximate surface area is 93.3 Å². The van der Waals surface area contributed by atoms with Gasteiger partial charge in [0.05, 0.1) is 0 Å². The van der Waals surface area contributed by atoms with Crippen LogP contribution >= 0.6 is 0 Å². The average Bonchev–Trinajstić information content (AvgIpc) is 2.65. The van der Waals surface area contributed by atoms with E-state index >= 15 is 0 Å². The molecule has 1 aromatic rings. The molecule has 2 N–H and O–H groups in total. The third kappa shape index (κ3) is 2.51. The zero-order valence-electron chi connectivity index (χ0n) is 8.82. The minimum absolute atomic E-state index is 0.00534. The summed E-state index contributed by atoms with van der Waals surface area (Å²) in [7, 11) is 0. The third-order valence-electron chi connectivity index (χ3n) is 3.08. The number of rotatable bonds is 2. The molecule has 1 fully saturated rings. The van der Waals surface area contributed by atoms with Gasteiger partial charge in [0.2, 0.25) is 0 Å². The van der Waals surface area contributed by atoms with E-state index in [9.17, 15) is 9.18 Å². The molecule has 1 aliphatic carbocycles. The first-order valence-electron chi connectivity index (χ1n) is 5.40. The van der Waals surface area contributed by atoms with Crippen molar-refractivity contribution in [1.82, 2.24) is 5.32 Å². The van der Waals surface area contributed by atoms with Gasteiger partial charge in [0.15, 0.2) is 0 Å². The predicted molar refractivity (Wildman–Crippen MR) is 57.9 cm³/mol. The van der Waals surface area contributed by atoms with Crippen molar-refractivity contribution < 1.29 is 14.3 Å². The van der Waals surface area contributed by atoms with Crippen molar-refractivity contribution in [1.29, 1.82) is 0 Å². The highest BCUT2D eigenvalue weighted by atomic mass is 19.1. The van der Waals surface area contributed by atoms with Crippen LogP contribution in [0, 0.1) is 5.82 Å². The molecule has 0 heterocycles. The molecule has 16 heavy (non-hydrogen) atoms. The molecular formula is C12H14FNO2. The lowest BCUT2D eigenvalue weighted by Gasteiger charge is -2.11. The van der Waals surface area contributed by atoms with Crippen LogP contribution in [0.2, 0.25) is 0 Å². The summed E-state index contributed by atoms with van der Waals surface area (Å²) in [6.45, 7) is 0. The number of carboxylic acid groups (broad SMARTS) is 1. The predicted octanol–water partition coefficient (Wildman–Crippen LogP) is 2.73. The fraction of sp³-hybridized carbons (Fsp3) is 0.417. The van der Waals surface area contributed by atoms with Gasteiger partial charge in [0, 0.05) is 6.04 Å². The molecule has 1 aliphatic rings. The van der Waals surface area contributed by atoms with Gasteiger partial charge in [-0.1, -0.05) is 12.1 Å². The van der Waals surface area contributed by atoms with E-state index < -0.39 is 6.09 Å². The zero-order valence-corrected chi connectivity index (χ0v) is 8.82. The molecule has 1 aromatic carbocycles. The molecule has 0 aliphatic heterocycles. The van der Waals surface area contributed by atoms with E-state index in [0.717, 1.165) is 24.8 Å². The molecular weight excluding hydrogens is 209 g/mol. The molecule has 2 atom stereocenters. The first-order chi connectivity index (χ1) is 7.65. The van der Waals surface area contributed by atoms with Gasteiger partial charge in [-0.05, 0) is 42.9 Å². The molecule has 2 rings (SSSR count). The summed E-state index contributed by atoms with van der Waals surface area (Å²) in [5.74, 6) is 0.0414. The van der Waals surface area contributed by atoms with E-state index in [-0.39, 0.29) is 17.8 Å². The third-order valence-corrected chi connectivity index (χ3v) is 3.08. The zero-order chi connectivity index (χ0) is 11.5.